The number of hydrogen-bond donors (Lipinski definition) is 0. The lowest BCUT2D eigenvalue weighted by Gasteiger charge is -2.33. The van der Waals surface area contributed by atoms with E-state index in [4.69, 9.17) is 0 Å². The molecular formula is C39H36N2Si. The van der Waals surface area contributed by atoms with Crippen LogP contribution in [0.5, 0.6) is 0 Å². The van der Waals surface area contributed by atoms with Gasteiger partial charge in [-0.2, -0.15) is 0 Å². The summed E-state index contributed by atoms with van der Waals surface area (Å²) >= 11 is 0. The van der Waals surface area contributed by atoms with Gasteiger partial charge in [0, 0.05) is 28.3 Å². The molecule has 6 rings (SSSR count). The molecule has 0 saturated carbocycles. The lowest BCUT2D eigenvalue weighted by molar-refractivity contribution is 1.25. The fourth-order valence-electron chi connectivity index (χ4n) is 5.50. The highest BCUT2D eigenvalue weighted by atomic mass is 28.3. The van der Waals surface area contributed by atoms with Gasteiger partial charge in [0.2, 0.25) is 0 Å². The number of para-hydroxylation sites is 4. The van der Waals surface area contributed by atoms with Gasteiger partial charge in [0.15, 0.2) is 0 Å². The van der Waals surface area contributed by atoms with Crippen LogP contribution in [0.3, 0.4) is 0 Å². The predicted molar refractivity (Wildman–Crippen MR) is 184 cm³/mol. The molecule has 0 atom stereocenters. The fraction of sp³-hybridized carbons (Fsp3) is 0.0769. The highest BCUT2D eigenvalue weighted by Crippen LogP contribution is 2.48. The first-order chi connectivity index (χ1) is 20.5. The topological polar surface area (TPSA) is 6.48 Å². The molecule has 0 amide bonds. The van der Waals surface area contributed by atoms with Crippen LogP contribution in [0.2, 0.25) is 19.6 Å². The predicted octanol–water partition coefficient (Wildman–Crippen LogP) is 10.8. The zero-order valence-corrected chi connectivity index (χ0v) is 25.5. The summed E-state index contributed by atoms with van der Waals surface area (Å²) in [6.45, 7) is 7.21. The summed E-state index contributed by atoms with van der Waals surface area (Å²) in [5.74, 6) is 0. The second-order valence-corrected chi connectivity index (χ2v) is 16.6. The summed E-state index contributed by atoms with van der Waals surface area (Å²) in [6, 6.07) is 58.6. The minimum absolute atomic E-state index is 1.12. The SMILES string of the molecule is C[Si](C)(C)c1ccc(-c2c(N(c3ccccc3)c3ccccc3)cccc2N(c2ccccc2)c2ccccc2)cc1. The van der Waals surface area contributed by atoms with E-state index >= 15 is 0 Å². The van der Waals surface area contributed by atoms with Crippen LogP contribution in [0.15, 0.2) is 164 Å². The smallest absolute Gasteiger partial charge is 0.0775 e. The van der Waals surface area contributed by atoms with Gasteiger partial charge in [-0.3, -0.25) is 0 Å². The molecule has 0 aromatic heterocycles. The normalized spacial score (nSPS) is 11.2. The summed E-state index contributed by atoms with van der Waals surface area (Å²) in [4.78, 5) is 4.75. The van der Waals surface area contributed by atoms with Gasteiger partial charge in [0.05, 0.1) is 19.4 Å². The number of hydrogen-bond acceptors (Lipinski definition) is 2. The van der Waals surface area contributed by atoms with Gasteiger partial charge in [0.25, 0.3) is 0 Å². The molecule has 42 heavy (non-hydrogen) atoms. The zero-order chi connectivity index (χ0) is 28.9. The second-order valence-electron chi connectivity index (χ2n) is 11.5. The van der Waals surface area contributed by atoms with Crippen molar-refractivity contribution in [2.24, 2.45) is 0 Å². The average molecular weight is 561 g/mol. The Balaban J connectivity index is 1.67. The molecule has 6 aromatic carbocycles. The van der Waals surface area contributed by atoms with Crippen LogP contribution in [0.4, 0.5) is 34.1 Å². The largest absolute Gasteiger partial charge is 0.310 e. The molecule has 0 bridgehead atoms. The Morgan fingerprint density at radius 3 is 1.00 bits per heavy atom. The zero-order valence-electron chi connectivity index (χ0n) is 24.5. The van der Waals surface area contributed by atoms with Crippen LogP contribution in [-0.4, -0.2) is 8.07 Å². The molecule has 0 aliphatic rings. The van der Waals surface area contributed by atoms with E-state index in [2.05, 4.69) is 193 Å². The monoisotopic (exact) mass is 560 g/mol. The van der Waals surface area contributed by atoms with Gasteiger partial charge in [-0.15, -0.1) is 0 Å². The third-order valence-electron chi connectivity index (χ3n) is 7.60. The summed E-state index contributed by atoms with van der Waals surface area (Å²) in [7, 11) is -1.46. The molecule has 3 heteroatoms. The Morgan fingerprint density at radius 2 is 0.690 bits per heavy atom. The summed E-state index contributed by atoms with van der Waals surface area (Å²) in [5, 5.41) is 1.45. The molecule has 0 radical (unpaired) electrons. The first-order valence-electron chi connectivity index (χ1n) is 14.5. The lowest BCUT2D eigenvalue weighted by Crippen LogP contribution is -2.37. The van der Waals surface area contributed by atoms with Crippen LogP contribution in [0.1, 0.15) is 0 Å². The van der Waals surface area contributed by atoms with Crippen LogP contribution in [0.25, 0.3) is 11.1 Å². The molecule has 0 aliphatic carbocycles. The molecule has 0 saturated heterocycles. The van der Waals surface area contributed by atoms with Crippen molar-refractivity contribution >= 4 is 47.4 Å². The molecule has 0 aliphatic heterocycles. The van der Waals surface area contributed by atoms with E-state index < -0.39 is 8.07 Å². The summed E-state index contributed by atoms with van der Waals surface area (Å²) in [5.41, 5.74) is 9.10. The summed E-state index contributed by atoms with van der Waals surface area (Å²) in [6.07, 6.45) is 0. The van der Waals surface area contributed by atoms with E-state index in [0.29, 0.717) is 0 Å². The molecule has 0 spiro atoms. The Bertz CT molecular complexity index is 1550. The van der Waals surface area contributed by atoms with Crippen molar-refractivity contribution in [3.63, 3.8) is 0 Å². The maximum Gasteiger partial charge on any atom is 0.0775 e. The van der Waals surface area contributed by atoms with Crippen LogP contribution >= 0.6 is 0 Å². The number of anilines is 6. The fourth-order valence-corrected chi connectivity index (χ4v) is 6.66. The van der Waals surface area contributed by atoms with E-state index in [9.17, 15) is 0 Å². The van der Waals surface area contributed by atoms with Crippen molar-refractivity contribution < 1.29 is 0 Å². The first kappa shape index (κ1) is 27.3. The Labute approximate surface area is 251 Å². The maximum atomic E-state index is 2.40. The van der Waals surface area contributed by atoms with E-state index in [-0.39, 0.29) is 0 Å². The average Bonchev–Trinajstić information content (AvgIpc) is 3.03. The van der Waals surface area contributed by atoms with Crippen molar-refractivity contribution in [1.29, 1.82) is 0 Å². The van der Waals surface area contributed by atoms with E-state index in [1.165, 1.54) is 16.3 Å². The van der Waals surface area contributed by atoms with Gasteiger partial charge in [-0.1, -0.05) is 128 Å². The molecule has 0 unspecified atom stereocenters. The van der Waals surface area contributed by atoms with Gasteiger partial charge in [-0.05, 0) is 66.2 Å². The van der Waals surface area contributed by atoms with Gasteiger partial charge in [-0.25, -0.2) is 0 Å². The van der Waals surface area contributed by atoms with E-state index in [1.54, 1.807) is 0 Å². The van der Waals surface area contributed by atoms with Gasteiger partial charge >= 0.3 is 0 Å². The second kappa shape index (κ2) is 11.9. The highest BCUT2D eigenvalue weighted by molar-refractivity contribution is 6.88. The summed E-state index contributed by atoms with van der Waals surface area (Å²) < 4.78 is 0. The van der Waals surface area contributed by atoms with Crippen LogP contribution in [-0.2, 0) is 0 Å². The number of rotatable bonds is 8. The molecule has 206 valence electrons. The number of nitrogens with zero attached hydrogens (tertiary/aromatic N) is 2. The van der Waals surface area contributed by atoms with E-state index in [0.717, 1.165) is 34.1 Å². The Kier molecular flexibility index (Phi) is 7.76. The minimum Gasteiger partial charge on any atom is -0.310 e. The van der Waals surface area contributed by atoms with Crippen molar-refractivity contribution in [3.8, 4) is 11.1 Å². The quantitative estimate of drug-likeness (QED) is 0.171. The Hall–Kier alpha value is -4.86. The number of benzene rings is 6. The standard InChI is InChI=1S/C39H36N2Si/c1-42(2,3)36-29-27-31(28-30-36)39-37(40(32-17-8-4-9-18-32)33-19-10-5-11-20-33)25-16-26-38(39)41(34-21-12-6-13-22-34)35-23-14-7-15-24-35/h4-30H,1-3H3. The van der Waals surface area contributed by atoms with Crippen molar-refractivity contribution in [1.82, 2.24) is 0 Å². The molecule has 6 aromatic rings. The molecule has 0 N–H and O–H groups in total. The van der Waals surface area contributed by atoms with Gasteiger partial charge < -0.3 is 9.80 Å². The van der Waals surface area contributed by atoms with E-state index in [1.807, 2.05) is 0 Å². The molecule has 0 heterocycles. The first-order valence-corrected chi connectivity index (χ1v) is 18.0. The van der Waals surface area contributed by atoms with Crippen molar-refractivity contribution in [2.75, 3.05) is 9.80 Å². The van der Waals surface area contributed by atoms with Crippen molar-refractivity contribution in [2.45, 2.75) is 19.6 Å². The van der Waals surface area contributed by atoms with Crippen LogP contribution in [0, 0.1) is 0 Å². The lowest BCUT2D eigenvalue weighted by atomic mass is 9.98. The highest BCUT2D eigenvalue weighted by Gasteiger charge is 2.24. The van der Waals surface area contributed by atoms with Crippen LogP contribution < -0.4 is 15.0 Å². The minimum atomic E-state index is -1.46. The molecule has 2 nitrogen and oxygen atoms in total. The molecule has 0 fully saturated rings. The third-order valence-corrected chi connectivity index (χ3v) is 9.66. The molecular weight excluding hydrogens is 525 g/mol. The maximum absolute atomic E-state index is 2.40. The van der Waals surface area contributed by atoms with Crippen molar-refractivity contribution in [3.05, 3.63) is 164 Å². The third kappa shape index (κ3) is 5.65. The van der Waals surface area contributed by atoms with Gasteiger partial charge in [0.1, 0.15) is 0 Å². The Morgan fingerprint density at radius 1 is 0.357 bits per heavy atom.